The number of aromatic nitrogens is 1. The molecule has 1 aromatic heterocycles. The summed E-state index contributed by atoms with van der Waals surface area (Å²) in [5.74, 6) is -0.116. The minimum absolute atomic E-state index is 0.265. The van der Waals surface area contributed by atoms with Crippen LogP contribution >= 0.6 is 0 Å². The number of pyridine rings is 1. The normalized spacial score (nSPS) is 11.6. The average Bonchev–Trinajstić information content (AvgIpc) is 2.51. The van der Waals surface area contributed by atoms with Crippen LogP contribution in [0.2, 0.25) is 0 Å². The van der Waals surface area contributed by atoms with E-state index in [1.165, 1.54) is 13.2 Å². The van der Waals surface area contributed by atoms with Crippen molar-refractivity contribution in [2.45, 2.75) is 19.9 Å². The summed E-state index contributed by atoms with van der Waals surface area (Å²) >= 11 is 0. The van der Waals surface area contributed by atoms with Crippen LogP contribution in [-0.2, 0) is 4.79 Å². The fourth-order valence-corrected chi connectivity index (χ4v) is 1.82. The second kappa shape index (κ2) is 6.89. The zero-order valence-corrected chi connectivity index (χ0v) is 12.7. The Morgan fingerprint density at radius 2 is 2.00 bits per heavy atom. The van der Waals surface area contributed by atoms with Gasteiger partial charge in [0.05, 0.1) is 19.0 Å². The van der Waals surface area contributed by atoms with Crippen LogP contribution in [0.15, 0.2) is 36.5 Å². The molecule has 0 bridgehead atoms. The molecule has 0 aliphatic rings. The Labute approximate surface area is 128 Å². The summed E-state index contributed by atoms with van der Waals surface area (Å²) in [4.78, 5) is 16.1. The number of anilines is 2. The van der Waals surface area contributed by atoms with Crippen molar-refractivity contribution in [2.24, 2.45) is 0 Å². The SMILES string of the molecule is COc1ccc(NC(C)C(=O)Nc2ccc(C)c(F)c2)cn1. The molecule has 0 spiro atoms. The smallest absolute Gasteiger partial charge is 0.246 e. The molecular formula is C16H18FN3O2. The molecule has 2 aromatic rings. The number of hydrogen-bond acceptors (Lipinski definition) is 4. The van der Waals surface area contributed by atoms with Crippen LogP contribution in [0, 0.1) is 12.7 Å². The molecule has 0 fully saturated rings. The fourth-order valence-electron chi connectivity index (χ4n) is 1.82. The number of carbonyl (C=O) groups is 1. The lowest BCUT2D eigenvalue weighted by atomic mass is 10.2. The molecule has 2 rings (SSSR count). The first-order valence-corrected chi connectivity index (χ1v) is 6.83. The van der Waals surface area contributed by atoms with Crippen molar-refractivity contribution < 1.29 is 13.9 Å². The molecule has 0 saturated heterocycles. The lowest BCUT2D eigenvalue weighted by molar-refractivity contribution is -0.116. The van der Waals surface area contributed by atoms with Crippen LogP contribution in [0.4, 0.5) is 15.8 Å². The number of halogens is 1. The van der Waals surface area contributed by atoms with Crippen LogP contribution in [0.5, 0.6) is 5.88 Å². The van der Waals surface area contributed by atoms with Gasteiger partial charge in [-0.3, -0.25) is 4.79 Å². The monoisotopic (exact) mass is 303 g/mol. The third-order valence-electron chi connectivity index (χ3n) is 3.16. The molecule has 1 unspecified atom stereocenters. The molecule has 0 radical (unpaired) electrons. The van der Waals surface area contributed by atoms with Crippen LogP contribution in [0.1, 0.15) is 12.5 Å². The summed E-state index contributed by atoms with van der Waals surface area (Å²) in [6, 6.07) is 7.55. The Bertz CT molecular complexity index is 659. The second-order valence-corrected chi connectivity index (χ2v) is 4.91. The van der Waals surface area contributed by atoms with Gasteiger partial charge < -0.3 is 15.4 Å². The Kier molecular flexibility index (Phi) is 4.93. The molecular weight excluding hydrogens is 285 g/mol. The fraction of sp³-hybridized carbons (Fsp3) is 0.250. The third kappa shape index (κ3) is 3.94. The van der Waals surface area contributed by atoms with Gasteiger partial charge in [-0.05, 0) is 37.6 Å². The van der Waals surface area contributed by atoms with Crippen LogP contribution in [0.3, 0.4) is 0 Å². The van der Waals surface area contributed by atoms with Gasteiger partial charge in [0.15, 0.2) is 0 Å². The van der Waals surface area contributed by atoms with E-state index in [-0.39, 0.29) is 11.7 Å². The van der Waals surface area contributed by atoms with Crippen molar-refractivity contribution in [1.29, 1.82) is 0 Å². The Morgan fingerprint density at radius 3 is 2.59 bits per heavy atom. The van der Waals surface area contributed by atoms with E-state index in [1.807, 2.05) is 0 Å². The minimum atomic E-state index is -0.500. The van der Waals surface area contributed by atoms with E-state index < -0.39 is 6.04 Å². The largest absolute Gasteiger partial charge is 0.481 e. The summed E-state index contributed by atoms with van der Waals surface area (Å²) in [6.45, 7) is 3.38. The number of hydrogen-bond donors (Lipinski definition) is 2. The highest BCUT2D eigenvalue weighted by Crippen LogP contribution is 2.15. The van der Waals surface area contributed by atoms with Gasteiger partial charge in [-0.25, -0.2) is 9.37 Å². The number of methoxy groups -OCH3 is 1. The van der Waals surface area contributed by atoms with Gasteiger partial charge in [-0.2, -0.15) is 0 Å². The Balaban J connectivity index is 1.97. The standard InChI is InChI=1S/C16H18FN3O2/c1-10-4-5-12(8-14(10)17)20-16(21)11(2)19-13-6-7-15(22-3)18-9-13/h4-9,11,19H,1-3H3,(H,20,21). The first-order chi connectivity index (χ1) is 10.5. The van der Waals surface area contributed by atoms with Gasteiger partial charge in [0, 0.05) is 11.8 Å². The van der Waals surface area contributed by atoms with Crippen molar-refractivity contribution in [2.75, 3.05) is 17.7 Å². The molecule has 1 aromatic carbocycles. The van der Waals surface area contributed by atoms with Gasteiger partial charge in [0.25, 0.3) is 0 Å². The van der Waals surface area contributed by atoms with Gasteiger partial charge in [0.1, 0.15) is 11.9 Å². The average molecular weight is 303 g/mol. The van der Waals surface area contributed by atoms with E-state index in [1.54, 1.807) is 44.3 Å². The van der Waals surface area contributed by atoms with E-state index in [2.05, 4.69) is 15.6 Å². The number of carbonyl (C=O) groups excluding carboxylic acids is 1. The molecule has 22 heavy (non-hydrogen) atoms. The topological polar surface area (TPSA) is 63.2 Å². The van der Waals surface area contributed by atoms with Gasteiger partial charge in [0.2, 0.25) is 11.8 Å². The molecule has 2 N–H and O–H groups in total. The predicted molar refractivity (Wildman–Crippen MR) is 83.6 cm³/mol. The minimum Gasteiger partial charge on any atom is -0.481 e. The van der Waals surface area contributed by atoms with Crippen molar-refractivity contribution in [3.63, 3.8) is 0 Å². The van der Waals surface area contributed by atoms with Crippen LogP contribution < -0.4 is 15.4 Å². The number of aryl methyl sites for hydroxylation is 1. The summed E-state index contributed by atoms with van der Waals surface area (Å²) < 4.78 is 18.4. The number of nitrogens with zero attached hydrogens (tertiary/aromatic N) is 1. The third-order valence-corrected chi connectivity index (χ3v) is 3.16. The summed E-state index contributed by atoms with van der Waals surface area (Å²) in [5.41, 5.74) is 1.65. The quantitative estimate of drug-likeness (QED) is 0.891. The number of benzene rings is 1. The van der Waals surface area contributed by atoms with Gasteiger partial charge >= 0.3 is 0 Å². The van der Waals surface area contributed by atoms with Gasteiger partial charge in [-0.15, -0.1) is 0 Å². The Hall–Kier alpha value is -2.63. The molecule has 1 heterocycles. The number of amides is 1. The molecule has 5 nitrogen and oxygen atoms in total. The Morgan fingerprint density at radius 1 is 1.27 bits per heavy atom. The summed E-state index contributed by atoms with van der Waals surface area (Å²) in [5, 5.41) is 5.68. The molecule has 0 saturated carbocycles. The number of ether oxygens (including phenoxy) is 1. The van der Waals surface area contributed by atoms with Crippen molar-refractivity contribution in [1.82, 2.24) is 4.98 Å². The highest BCUT2D eigenvalue weighted by molar-refractivity contribution is 5.96. The van der Waals surface area contributed by atoms with E-state index in [4.69, 9.17) is 4.74 Å². The predicted octanol–water partition coefficient (Wildman–Crippen LogP) is 2.98. The zero-order valence-electron chi connectivity index (χ0n) is 12.7. The molecule has 116 valence electrons. The van der Waals surface area contributed by atoms with Gasteiger partial charge in [-0.1, -0.05) is 6.07 Å². The summed E-state index contributed by atoms with van der Waals surface area (Å²) in [7, 11) is 1.53. The lowest BCUT2D eigenvalue weighted by Gasteiger charge is -2.15. The maximum Gasteiger partial charge on any atom is 0.246 e. The second-order valence-electron chi connectivity index (χ2n) is 4.91. The summed E-state index contributed by atoms with van der Waals surface area (Å²) in [6.07, 6.45) is 1.58. The zero-order chi connectivity index (χ0) is 16.1. The highest BCUT2D eigenvalue weighted by Gasteiger charge is 2.13. The maximum atomic E-state index is 13.5. The van der Waals surface area contributed by atoms with Crippen molar-refractivity contribution in [3.05, 3.63) is 47.9 Å². The number of rotatable bonds is 5. The van der Waals surface area contributed by atoms with E-state index >= 15 is 0 Å². The molecule has 0 aliphatic carbocycles. The first-order valence-electron chi connectivity index (χ1n) is 6.83. The molecule has 1 atom stereocenters. The van der Waals surface area contributed by atoms with E-state index in [0.717, 1.165) is 0 Å². The van der Waals surface area contributed by atoms with E-state index in [0.29, 0.717) is 22.8 Å². The highest BCUT2D eigenvalue weighted by atomic mass is 19.1. The first kappa shape index (κ1) is 15.8. The molecule has 0 aliphatic heterocycles. The van der Waals surface area contributed by atoms with Crippen molar-refractivity contribution in [3.8, 4) is 5.88 Å². The van der Waals surface area contributed by atoms with Crippen LogP contribution in [0.25, 0.3) is 0 Å². The molecule has 1 amide bonds. The van der Waals surface area contributed by atoms with E-state index in [9.17, 15) is 9.18 Å². The molecule has 6 heteroatoms. The number of nitrogens with one attached hydrogen (secondary N) is 2. The van der Waals surface area contributed by atoms with Crippen LogP contribution in [-0.4, -0.2) is 24.0 Å². The lowest BCUT2D eigenvalue weighted by Crippen LogP contribution is -2.31. The van der Waals surface area contributed by atoms with Crippen molar-refractivity contribution >= 4 is 17.3 Å². The maximum absolute atomic E-state index is 13.5.